The number of rotatable bonds is 8. The molecule has 5 nitrogen and oxygen atoms in total. The Hall–Kier alpha value is -3.28. The second kappa shape index (κ2) is 9.78. The van der Waals surface area contributed by atoms with Crippen molar-refractivity contribution < 1.29 is 13.9 Å². The van der Waals surface area contributed by atoms with Gasteiger partial charge in [0.05, 0.1) is 0 Å². The van der Waals surface area contributed by atoms with Gasteiger partial charge in [-0.1, -0.05) is 13.8 Å². The number of aromatic nitrogens is 2. The standard InChI is InChI=1S/C23H24FN3O2/c1-3-15-27(16-4-2)23(28)18-7-11-20(12-8-18)29-21-13-14-25-22(26-21)17-5-9-19(24)10-6-17/h5-14H,3-4,15-16H2,1-2H3. The summed E-state index contributed by atoms with van der Waals surface area (Å²) in [5.74, 6) is 1.11. The van der Waals surface area contributed by atoms with Gasteiger partial charge >= 0.3 is 0 Å². The number of benzene rings is 2. The first-order valence-corrected chi connectivity index (χ1v) is 9.77. The van der Waals surface area contributed by atoms with Crippen molar-refractivity contribution in [1.29, 1.82) is 0 Å². The number of hydrogen-bond donors (Lipinski definition) is 0. The average molecular weight is 393 g/mol. The summed E-state index contributed by atoms with van der Waals surface area (Å²) in [5, 5.41) is 0. The van der Waals surface area contributed by atoms with Crippen LogP contribution in [0.2, 0.25) is 0 Å². The van der Waals surface area contributed by atoms with E-state index in [-0.39, 0.29) is 11.7 Å². The molecular formula is C23H24FN3O2. The van der Waals surface area contributed by atoms with E-state index >= 15 is 0 Å². The normalized spacial score (nSPS) is 10.6. The molecule has 0 aliphatic carbocycles. The number of hydrogen-bond acceptors (Lipinski definition) is 4. The third-order valence-corrected chi connectivity index (χ3v) is 4.33. The Balaban J connectivity index is 1.72. The summed E-state index contributed by atoms with van der Waals surface area (Å²) in [4.78, 5) is 23.1. The Labute approximate surface area is 170 Å². The summed E-state index contributed by atoms with van der Waals surface area (Å²) in [6.45, 7) is 5.62. The molecule has 0 saturated carbocycles. The smallest absolute Gasteiger partial charge is 0.253 e. The van der Waals surface area contributed by atoms with E-state index in [1.165, 1.54) is 12.1 Å². The maximum Gasteiger partial charge on any atom is 0.253 e. The molecule has 150 valence electrons. The lowest BCUT2D eigenvalue weighted by Crippen LogP contribution is -2.32. The highest BCUT2D eigenvalue weighted by molar-refractivity contribution is 5.94. The first-order chi connectivity index (χ1) is 14.1. The molecular weight excluding hydrogens is 369 g/mol. The zero-order chi connectivity index (χ0) is 20.6. The third-order valence-electron chi connectivity index (χ3n) is 4.33. The molecule has 0 N–H and O–H groups in total. The molecule has 0 unspecified atom stereocenters. The van der Waals surface area contributed by atoms with Crippen molar-refractivity contribution in [1.82, 2.24) is 14.9 Å². The molecule has 3 rings (SSSR count). The summed E-state index contributed by atoms with van der Waals surface area (Å²) in [6, 6.07) is 14.6. The molecule has 1 heterocycles. The lowest BCUT2D eigenvalue weighted by Gasteiger charge is -2.21. The maximum absolute atomic E-state index is 13.1. The van der Waals surface area contributed by atoms with E-state index in [0.717, 1.165) is 25.9 Å². The minimum absolute atomic E-state index is 0.0286. The van der Waals surface area contributed by atoms with E-state index in [1.54, 1.807) is 48.7 Å². The molecule has 0 atom stereocenters. The number of ether oxygens (including phenoxy) is 1. The fraction of sp³-hybridized carbons (Fsp3) is 0.261. The summed E-state index contributed by atoms with van der Waals surface area (Å²) >= 11 is 0. The quantitative estimate of drug-likeness (QED) is 0.519. The summed E-state index contributed by atoms with van der Waals surface area (Å²) in [5.41, 5.74) is 1.33. The van der Waals surface area contributed by atoms with Gasteiger partial charge in [0.2, 0.25) is 5.88 Å². The van der Waals surface area contributed by atoms with Gasteiger partial charge in [0.1, 0.15) is 11.6 Å². The predicted octanol–water partition coefficient (Wildman–Crippen LogP) is 5.34. The van der Waals surface area contributed by atoms with Crippen LogP contribution in [0.5, 0.6) is 11.6 Å². The van der Waals surface area contributed by atoms with Gasteiger partial charge in [-0.15, -0.1) is 0 Å². The van der Waals surface area contributed by atoms with E-state index in [9.17, 15) is 9.18 Å². The molecule has 0 aliphatic heterocycles. The van der Waals surface area contributed by atoms with Crippen LogP contribution in [0, 0.1) is 5.82 Å². The van der Waals surface area contributed by atoms with Crippen LogP contribution in [0.25, 0.3) is 11.4 Å². The minimum atomic E-state index is -0.313. The van der Waals surface area contributed by atoms with Gasteiger partial charge in [0.15, 0.2) is 5.82 Å². The summed E-state index contributed by atoms with van der Waals surface area (Å²) in [6.07, 6.45) is 3.44. The molecule has 1 amide bonds. The topological polar surface area (TPSA) is 55.3 Å². The van der Waals surface area contributed by atoms with E-state index in [4.69, 9.17) is 4.74 Å². The Bertz CT molecular complexity index is 937. The molecule has 1 aromatic heterocycles. The number of carbonyl (C=O) groups is 1. The average Bonchev–Trinajstić information content (AvgIpc) is 2.74. The Kier molecular flexibility index (Phi) is 6.89. The minimum Gasteiger partial charge on any atom is -0.439 e. The number of carbonyl (C=O) groups excluding carboxylic acids is 1. The number of nitrogens with zero attached hydrogens (tertiary/aromatic N) is 3. The Morgan fingerprint density at radius 2 is 1.62 bits per heavy atom. The van der Waals surface area contributed by atoms with Crippen LogP contribution in [-0.2, 0) is 0 Å². The molecule has 29 heavy (non-hydrogen) atoms. The predicted molar refractivity (Wildman–Crippen MR) is 110 cm³/mol. The Morgan fingerprint density at radius 3 is 2.24 bits per heavy atom. The Morgan fingerprint density at radius 1 is 0.966 bits per heavy atom. The zero-order valence-corrected chi connectivity index (χ0v) is 16.6. The molecule has 0 spiro atoms. The van der Waals surface area contributed by atoms with E-state index in [1.807, 2.05) is 4.90 Å². The second-order valence-corrected chi connectivity index (χ2v) is 6.64. The van der Waals surface area contributed by atoms with Crippen LogP contribution in [0.1, 0.15) is 37.0 Å². The molecule has 0 saturated heterocycles. The highest BCUT2D eigenvalue weighted by Crippen LogP contribution is 2.23. The van der Waals surface area contributed by atoms with E-state index in [2.05, 4.69) is 23.8 Å². The zero-order valence-electron chi connectivity index (χ0n) is 16.6. The summed E-state index contributed by atoms with van der Waals surface area (Å²) < 4.78 is 18.9. The second-order valence-electron chi connectivity index (χ2n) is 6.64. The molecule has 0 radical (unpaired) electrons. The van der Waals surface area contributed by atoms with Gasteiger partial charge in [-0.25, -0.2) is 9.37 Å². The van der Waals surface area contributed by atoms with Crippen LogP contribution in [0.3, 0.4) is 0 Å². The first kappa shape index (κ1) is 20.5. The van der Waals surface area contributed by atoms with Crippen molar-refractivity contribution in [2.75, 3.05) is 13.1 Å². The van der Waals surface area contributed by atoms with Crippen LogP contribution in [0.4, 0.5) is 4.39 Å². The largest absolute Gasteiger partial charge is 0.439 e. The molecule has 0 aliphatic rings. The van der Waals surface area contributed by atoms with Gasteiger partial charge < -0.3 is 9.64 Å². The van der Waals surface area contributed by atoms with Crippen LogP contribution >= 0.6 is 0 Å². The molecule has 0 bridgehead atoms. The lowest BCUT2D eigenvalue weighted by molar-refractivity contribution is 0.0755. The lowest BCUT2D eigenvalue weighted by atomic mass is 10.2. The highest BCUT2D eigenvalue weighted by Gasteiger charge is 2.14. The fourth-order valence-corrected chi connectivity index (χ4v) is 2.96. The van der Waals surface area contributed by atoms with Crippen molar-refractivity contribution in [3.63, 3.8) is 0 Å². The monoisotopic (exact) mass is 393 g/mol. The van der Waals surface area contributed by atoms with Gasteiger partial charge in [0, 0.05) is 36.5 Å². The van der Waals surface area contributed by atoms with Gasteiger partial charge in [0.25, 0.3) is 5.91 Å². The maximum atomic E-state index is 13.1. The third kappa shape index (κ3) is 5.38. The molecule has 3 aromatic rings. The first-order valence-electron chi connectivity index (χ1n) is 9.77. The van der Waals surface area contributed by atoms with Crippen LogP contribution < -0.4 is 4.74 Å². The molecule has 6 heteroatoms. The highest BCUT2D eigenvalue weighted by atomic mass is 19.1. The SMILES string of the molecule is CCCN(CCC)C(=O)c1ccc(Oc2ccnc(-c3ccc(F)cc3)n2)cc1. The van der Waals surface area contributed by atoms with E-state index in [0.29, 0.717) is 28.6 Å². The van der Waals surface area contributed by atoms with Crippen molar-refractivity contribution in [3.8, 4) is 23.0 Å². The van der Waals surface area contributed by atoms with Crippen LogP contribution in [-0.4, -0.2) is 33.9 Å². The van der Waals surface area contributed by atoms with E-state index < -0.39 is 0 Å². The van der Waals surface area contributed by atoms with Crippen molar-refractivity contribution in [2.45, 2.75) is 26.7 Å². The van der Waals surface area contributed by atoms with Crippen molar-refractivity contribution in [3.05, 3.63) is 72.2 Å². The summed E-state index contributed by atoms with van der Waals surface area (Å²) in [7, 11) is 0. The van der Waals surface area contributed by atoms with Gasteiger partial charge in [-0.05, 0) is 61.4 Å². The number of amides is 1. The van der Waals surface area contributed by atoms with Crippen molar-refractivity contribution >= 4 is 5.91 Å². The van der Waals surface area contributed by atoms with Gasteiger partial charge in [-0.3, -0.25) is 4.79 Å². The van der Waals surface area contributed by atoms with Crippen molar-refractivity contribution in [2.24, 2.45) is 0 Å². The fourth-order valence-electron chi connectivity index (χ4n) is 2.96. The molecule has 0 fully saturated rings. The van der Waals surface area contributed by atoms with Gasteiger partial charge in [-0.2, -0.15) is 4.98 Å². The number of halogens is 1. The van der Waals surface area contributed by atoms with Crippen LogP contribution in [0.15, 0.2) is 60.8 Å². The molecule has 2 aromatic carbocycles.